The molecule has 1 unspecified atom stereocenters. The van der Waals surface area contributed by atoms with Crippen molar-refractivity contribution in [1.82, 2.24) is 15.0 Å². The maximum absolute atomic E-state index is 9.25. The van der Waals surface area contributed by atoms with Crippen LogP contribution in [0, 0.1) is 0 Å². The normalized spacial score (nSPS) is 12.7. The highest BCUT2D eigenvalue weighted by atomic mass is 35.5. The molecule has 0 amide bonds. The Balaban J connectivity index is 2.30. The summed E-state index contributed by atoms with van der Waals surface area (Å²) < 4.78 is 1.58. The van der Waals surface area contributed by atoms with Gasteiger partial charge in [-0.2, -0.15) is 0 Å². The van der Waals surface area contributed by atoms with Gasteiger partial charge in [0.1, 0.15) is 0 Å². The van der Waals surface area contributed by atoms with Crippen molar-refractivity contribution in [2.75, 3.05) is 0 Å². The number of aliphatic hydroxyl groups is 1. The molecule has 1 aromatic heterocycles. The molecule has 2 rings (SSSR count). The summed E-state index contributed by atoms with van der Waals surface area (Å²) in [7, 11) is 0. The molecular formula is C11H11Cl2N3O. The van der Waals surface area contributed by atoms with Gasteiger partial charge in [0.2, 0.25) is 0 Å². The van der Waals surface area contributed by atoms with Crippen LogP contribution in [0.25, 0.3) is 5.69 Å². The molecule has 1 heterocycles. The fraction of sp³-hybridized carbons (Fsp3) is 0.273. The Bertz CT molecular complexity index is 505. The standard InChI is InChI=1S/C11H11Cl2N3O/c1-7(17)2-10-6-16(15-14-10)11-4-8(12)3-9(13)5-11/h3-7,17H,2H2,1H3. The molecule has 1 atom stereocenters. The second kappa shape index (κ2) is 5.04. The molecule has 0 saturated heterocycles. The Morgan fingerprint density at radius 3 is 2.53 bits per heavy atom. The number of benzene rings is 1. The molecule has 0 radical (unpaired) electrons. The minimum Gasteiger partial charge on any atom is -0.393 e. The van der Waals surface area contributed by atoms with Gasteiger partial charge in [0, 0.05) is 16.5 Å². The summed E-state index contributed by atoms with van der Waals surface area (Å²) in [5.74, 6) is 0. The van der Waals surface area contributed by atoms with Gasteiger partial charge in [-0.25, -0.2) is 4.68 Å². The number of hydrogen-bond donors (Lipinski definition) is 1. The lowest BCUT2D eigenvalue weighted by atomic mass is 10.2. The van der Waals surface area contributed by atoms with Crippen molar-refractivity contribution in [3.63, 3.8) is 0 Å². The van der Waals surface area contributed by atoms with Crippen LogP contribution >= 0.6 is 23.2 Å². The first-order chi connectivity index (χ1) is 8.04. The van der Waals surface area contributed by atoms with E-state index >= 15 is 0 Å². The second-order valence-electron chi connectivity index (χ2n) is 3.84. The molecule has 4 nitrogen and oxygen atoms in total. The van der Waals surface area contributed by atoms with Gasteiger partial charge in [-0.1, -0.05) is 28.4 Å². The minimum atomic E-state index is -0.442. The number of aliphatic hydroxyl groups excluding tert-OH is 1. The lowest BCUT2D eigenvalue weighted by molar-refractivity contribution is 0.194. The number of hydrogen-bond acceptors (Lipinski definition) is 3. The smallest absolute Gasteiger partial charge is 0.0857 e. The van der Waals surface area contributed by atoms with Crippen molar-refractivity contribution in [2.45, 2.75) is 19.4 Å². The van der Waals surface area contributed by atoms with Crippen molar-refractivity contribution in [3.8, 4) is 5.69 Å². The van der Waals surface area contributed by atoms with Crippen LogP contribution in [0.1, 0.15) is 12.6 Å². The van der Waals surface area contributed by atoms with E-state index in [0.29, 0.717) is 16.5 Å². The van der Waals surface area contributed by atoms with Crippen LogP contribution in [0.4, 0.5) is 0 Å². The van der Waals surface area contributed by atoms with E-state index in [0.717, 1.165) is 11.4 Å². The third kappa shape index (κ3) is 3.19. The quantitative estimate of drug-likeness (QED) is 0.933. The van der Waals surface area contributed by atoms with Crippen LogP contribution in [-0.2, 0) is 6.42 Å². The topological polar surface area (TPSA) is 50.9 Å². The van der Waals surface area contributed by atoms with Crippen LogP contribution in [0.3, 0.4) is 0 Å². The summed E-state index contributed by atoms with van der Waals surface area (Å²) in [5, 5.41) is 18.3. The zero-order valence-corrected chi connectivity index (χ0v) is 10.7. The van der Waals surface area contributed by atoms with E-state index in [-0.39, 0.29) is 0 Å². The van der Waals surface area contributed by atoms with Crippen LogP contribution in [-0.4, -0.2) is 26.2 Å². The van der Waals surface area contributed by atoms with Crippen LogP contribution < -0.4 is 0 Å². The Hall–Kier alpha value is -1.10. The summed E-state index contributed by atoms with van der Waals surface area (Å²) in [6.07, 6.45) is 1.77. The first-order valence-electron chi connectivity index (χ1n) is 5.10. The Morgan fingerprint density at radius 1 is 1.29 bits per heavy atom. The average Bonchev–Trinajstić information content (AvgIpc) is 2.63. The molecule has 0 bridgehead atoms. The van der Waals surface area contributed by atoms with Crippen molar-refractivity contribution >= 4 is 23.2 Å². The van der Waals surface area contributed by atoms with Gasteiger partial charge in [-0.15, -0.1) is 5.10 Å². The van der Waals surface area contributed by atoms with Gasteiger partial charge in [-0.05, 0) is 25.1 Å². The van der Waals surface area contributed by atoms with E-state index in [4.69, 9.17) is 23.2 Å². The molecular weight excluding hydrogens is 261 g/mol. The maximum atomic E-state index is 9.25. The summed E-state index contributed by atoms with van der Waals surface area (Å²) in [4.78, 5) is 0. The highest BCUT2D eigenvalue weighted by molar-refractivity contribution is 6.34. The molecule has 1 N–H and O–H groups in total. The van der Waals surface area contributed by atoms with Crippen LogP contribution in [0.2, 0.25) is 10.0 Å². The van der Waals surface area contributed by atoms with E-state index in [1.807, 2.05) is 0 Å². The molecule has 0 aliphatic heterocycles. The zero-order chi connectivity index (χ0) is 12.4. The number of nitrogens with zero attached hydrogens (tertiary/aromatic N) is 3. The Kier molecular flexibility index (Phi) is 3.66. The van der Waals surface area contributed by atoms with Crippen molar-refractivity contribution in [3.05, 3.63) is 40.1 Å². The molecule has 0 spiro atoms. The number of aromatic nitrogens is 3. The van der Waals surface area contributed by atoms with E-state index in [1.54, 1.807) is 36.0 Å². The van der Waals surface area contributed by atoms with Crippen molar-refractivity contribution < 1.29 is 5.11 Å². The molecule has 6 heteroatoms. The summed E-state index contributed by atoms with van der Waals surface area (Å²) in [6, 6.07) is 5.14. The summed E-state index contributed by atoms with van der Waals surface area (Å²) in [6.45, 7) is 1.70. The largest absolute Gasteiger partial charge is 0.393 e. The third-order valence-electron chi connectivity index (χ3n) is 2.16. The van der Waals surface area contributed by atoms with E-state index in [1.165, 1.54) is 0 Å². The van der Waals surface area contributed by atoms with Crippen LogP contribution in [0.5, 0.6) is 0 Å². The van der Waals surface area contributed by atoms with Gasteiger partial charge in [0.15, 0.2) is 0 Å². The SMILES string of the molecule is CC(O)Cc1cn(-c2cc(Cl)cc(Cl)c2)nn1. The van der Waals surface area contributed by atoms with Gasteiger partial charge in [0.25, 0.3) is 0 Å². The average molecular weight is 272 g/mol. The Morgan fingerprint density at radius 2 is 1.94 bits per heavy atom. The predicted molar refractivity (Wildman–Crippen MR) is 66.8 cm³/mol. The first kappa shape index (κ1) is 12.4. The summed E-state index contributed by atoms with van der Waals surface area (Å²) >= 11 is 11.8. The predicted octanol–water partition coefficient (Wildman–Crippen LogP) is 2.50. The van der Waals surface area contributed by atoms with Crippen molar-refractivity contribution in [2.24, 2.45) is 0 Å². The molecule has 1 aromatic carbocycles. The van der Waals surface area contributed by atoms with Crippen molar-refractivity contribution in [1.29, 1.82) is 0 Å². The highest BCUT2D eigenvalue weighted by Gasteiger charge is 2.07. The highest BCUT2D eigenvalue weighted by Crippen LogP contribution is 2.21. The molecule has 90 valence electrons. The molecule has 0 aliphatic rings. The summed E-state index contributed by atoms with van der Waals surface area (Å²) in [5.41, 5.74) is 1.46. The molecule has 0 aliphatic carbocycles. The van der Waals surface area contributed by atoms with Gasteiger partial charge in [0.05, 0.1) is 23.7 Å². The zero-order valence-electron chi connectivity index (χ0n) is 9.14. The van der Waals surface area contributed by atoms with E-state index < -0.39 is 6.10 Å². The number of rotatable bonds is 3. The number of halogens is 2. The van der Waals surface area contributed by atoms with Gasteiger partial charge in [-0.3, -0.25) is 0 Å². The fourth-order valence-corrected chi connectivity index (χ4v) is 2.01. The molecule has 17 heavy (non-hydrogen) atoms. The molecule has 0 fully saturated rings. The lowest BCUT2D eigenvalue weighted by Gasteiger charge is -2.01. The molecule has 0 saturated carbocycles. The van der Waals surface area contributed by atoms with Crippen LogP contribution in [0.15, 0.2) is 24.4 Å². The van der Waals surface area contributed by atoms with E-state index in [9.17, 15) is 5.11 Å². The lowest BCUT2D eigenvalue weighted by Crippen LogP contribution is -2.04. The van der Waals surface area contributed by atoms with Gasteiger partial charge >= 0.3 is 0 Å². The third-order valence-corrected chi connectivity index (χ3v) is 2.59. The monoisotopic (exact) mass is 271 g/mol. The van der Waals surface area contributed by atoms with Gasteiger partial charge < -0.3 is 5.11 Å². The Labute approximate surface area is 109 Å². The maximum Gasteiger partial charge on any atom is 0.0857 e. The molecule has 2 aromatic rings. The minimum absolute atomic E-state index is 0.442. The van der Waals surface area contributed by atoms with E-state index in [2.05, 4.69) is 10.3 Å². The fourth-order valence-electron chi connectivity index (χ4n) is 1.49. The first-order valence-corrected chi connectivity index (χ1v) is 5.86. The second-order valence-corrected chi connectivity index (χ2v) is 4.71.